The summed E-state index contributed by atoms with van der Waals surface area (Å²) >= 11 is 0. The second-order valence-electron chi connectivity index (χ2n) is 6.64. The van der Waals surface area contributed by atoms with E-state index in [0.717, 1.165) is 9.87 Å². The van der Waals surface area contributed by atoms with E-state index in [1.165, 1.54) is 45.5 Å². The van der Waals surface area contributed by atoms with Crippen LogP contribution in [-0.2, 0) is 21.4 Å². The number of sulfonamides is 1. The van der Waals surface area contributed by atoms with Gasteiger partial charge in [-0.25, -0.2) is 17.5 Å². The van der Waals surface area contributed by atoms with Crippen LogP contribution in [0.1, 0.15) is 16.1 Å². The lowest BCUT2D eigenvalue weighted by atomic mass is 10.1. The summed E-state index contributed by atoms with van der Waals surface area (Å²) in [5, 5.41) is 3.91. The van der Waals surface area contributed by atoms with Crippen LogP contribution in [0.2, 0.25) is 0 Å². The fourth-order valence-electron chi connectivity index (χ4n) is 2.70. The van der Waals surface area contributed by atoms with Crippen molar-refractivity contribution >= 4 is 16.0 Å². The molecule has 0 aliphatic carbocycles. The van der Waals surface area contributed by atoms with Crippen LogP contribution in [0.25, 0.3) is 11.3 Å². The van der Waals surface area contributed by atoms with Gasteiger partial charge < -0.3 is 18.7 Å². The van der Waals surface area contributed by atoms with E-state index >= 15 is 0 Å². The molecule has 9 nitrogen and oxygen atoms in total. The van der Waals surface area contributed by atoms with Gasteiger partial charge in [0.2, 0.25) is 10.0 Å². The molecule has 2 aromatic carbocycles. The van der Waals surface area contributed by atoms with Gasteiger partial charge in [-0.3, -0.25) is 0 Å². The monoisotopic (exact) mass is 446 g/mol. The molecule has 0 spiro atoms. The quantitative estimate of drug-likeness (QED) is 0.486. The summed E-state index contributed by atoms with van der Waals surface area (Å²) in [6, 6.07) is 12.5. The summed E-state index contributed by atoms with van der Waals surface area (Å²) in [7, 11) is 2.39. The number of carbonyl (C=O) groups is 1. The number of esters is 1. The van der Waals surface area contributed by atoms with Crippen LogP contribution in [0, 0.1) is 0 Å². The topological polar surface area (TPSA) is 108 Å². The highest BCUT2D eigenvalue weighted by atomic mass is 32.2. The summed E-state index contributed by atoms with van der Waals surface area (Å²) < 4.78 is 46.4. The van der Waals surface area contributed by atoms with Gasteiger partial charge in [0.1, 0.15) is 12.3 Å². The Labute approximate surface area is 180 Å². The average Bonchev–Trinajstić information content (AvgIpc) is 3.26. The van der Waals surface area contributed by atoms with Gasteiger partial charge in [0.15, 0.2) is 17.3 Å². The van der Waals surface area contributed by atoms with Gasteiger partial charge in [0.25, 0.3) is 0 Å². The summed E-state index contributed by atoms with van der Waals surface area (Å²) in [6.07, 6.45) is 0. The Hall–Kier alpha value is -3.37. The van der Waals surface area contributed by atoms with Gasteiger partial charge in [0.05, 0.1) is 24.7 Å². The Balaban J connectivity index is 1.66. The van der Waals surface area contributed by atoms with Crippen LogP contribution in [-0.4, -0.2) is 52.2 Å². The SMILES string of the molecule is COc1ccc(-c2cc(COC(=O)c3ccc(S(=O)(=O)N(C)C)cc3)no2)cc1OC. The molecular weight excluding hydrogens is 424 g/mol. The molecule has 10 heteroatoms. The first kappa shape index (κ1) is 22.3. The van der Waals surface area contributed by atoms with Gasteiger partial charge >= 0.3 is 5.97 Å². The maximum Gasteiger partial charge on any atom is 0.338 e. The number of methoxy groups -OCH3 is 2. The Morgan fingerprint density at radius 2 is 1.68 bits per heavy atom. The number of ether oxygens (including phenoxy) is 3. The number of hydrogen-bond acceptors (Lipinski definition) is 8. The zero-order valence-corrected chi connectivity index (χ0v) is 18.3. The molecule has 0 aliphatic rings. The minimum atomic E-state index is -3.57. The minimum absolute atomic E-state index is 0.0881. The first-order valence-electron chi connectivity index (χ1n) is 9.14. The minimum Gasteiger partial charge on any atom is -0.493 e. The molecule has 0 aliphatic heterocycles. The van der Waals surface area contributed by atoms with Crippen LogP contribution in [0.15, 0.2) is 57.9 Å². The molecule has 0 radical (unpaired) electrons. The van der Waals surface area contributed by atoms with Crippen molar-refractivity contribution < 1.29 is 31.9 Å². The first-order valence-corrected chi connectivity index (χ1v) is 10.6. The molecule has 0 saturated heterocycles. The van der Waals surface area contributed by atoms with E-state index in [1.54, 1.807) is 31.4 Å². The fraction of sp³-hybridized carbons (Fsp3) is 0.238. The van der Waals surface area contributed by atoms with E-state index in [2.05, 4.69) is 5.16 Å². The lowest BCUT2D eigenvalue weighted by molar-refractivity contribution is 0.0464. The Kier molecular flexibility index (Phi) is 6.62. The lowest BCUT2D eigenvalue weighted by Crippen LogP contribution is -2.22. The van der Waals surface area contributed by atoms with Crippen molar-refractivity contribution in [1.29, 1.82) is 0 Å². The van der Waals surface area contributed by atoms with Crippen LogP contribution < -0.4 is 9.47 Å². The van der Waals surface area contributed by atoms with E-state index in [4.69, 9.17) is 18.7 Å². The Morgan fingerprint density at radius 3 is 2.29 bits per heavy atom. The van der Waals surface area contributed by atoms with Crippen LogP contribution >= 0.6 is 0 Å². The standard InChI is InChI=1S/C21H22N2O7S/c1-23(2)31(25,26)17-8-5-14(6-9-17)21(24)29-13-16-12-19(30-22-16)15-7-10-18(27-3)20(11-15)28-4/h5-12H,13H2,1-4H3. The number of benzene rings is 2. The van der Waals surface area contributed by atoms with E-state index in [9.17, 15) is 13.2 Å². The van der Waals surface area contributed by atoms with E-state index in [0.29, 0.717) is 23.0 Å². The lowest BCUT2D eigenvalue weighted by Gasteiger charge is -2.11. The van der Waals surface area contributed by atoms with Gasteiger partial charge in [0, 0.05) is 25.7 Å². The van der Waals surface area contributed by atoms with Gasteiger partial charge in [-0.05, 0) is 42.5 Å². The second kappa shape index (κ2) is 9.19. The molecule has 3 aromatic rings. The van der Waals surface area contributed by atoms with Crippen LogP contribution in [0.4, 0.5) is 0 Å². The van der Waals surface area contributed by atoms with Crippen molar-refractivity contribution in [2.75, 3.05) is 28.3 Å². The highest BCUT2D eigenvalue weighted by molar-refractivity contribution is 7.89. The summed E-state index contributed by atoms with van der Waals surface area (Å²) in [5.41, 5.74) is 1.37. The predicted octanol–water partition coefficient (Wildman–Crippen LogP) is 2.97. The van der Waals surface area contributed by atoms with Crippen LogP contribution in [0.3, 0.4) is 0 Å². The largest absolute Gasteiger partial charge is 0.493 e. The first-order chi connectivity index (χ1) is 14.8. The van der Waals surface area contributed by atoms with E-state index in [1.807, 2.05) is 0 Å². The average molecular weight is 446 g/mol. The van der Waals surface area contributed by atoms with Gasteiger partial charge in [-0.1, -0.05) is 5.16 Å². The summed E-state index contributed by atoms with van der Waals surface area (Å²) in [5.74, 6) is 1.00. The molecule has 0 saturated carbocycles. The third-order valence-electron chi connectivity index (χ3n) is 4.45. The molecule has 0 bridgehead atoms. The molecule has 1 aromatic heterocycles. The third kappa shape index (κ3) is 4.86. The molecular formula is C21H22N2O7S. The molecule has 164 valence electrons. The number of hydrogen-bond donors (Lipinski definition) is 0. The fourth-order valence-corrected chi connectivity index (χ4v) is 3.60. The smallest absolute Gasteiger partial charge is 0.338 e. The van der Waals surface area contributed by atoms with Crippen molar-refractivity contribution in [3.63, 3.8) is 0 Å². The maximum atomic E-state index is 12.3. The molecule has 0 unspecified atom stereocenters. The Bertz CT molecular complexity index is 1170. The summed E-state index contributed by atoms with van der Waals surface area (Å²) in [4.78, 5) is 12.4. The van der Waals surface area contributed by atoms with E-state index in [-0.39, 0.29) is 17.1 Å². The summed E-state index contributed by atoms with van der Waals surface area (Å²) in [6.45, 7) is -0.104. The molecule has 0 amide bonds. The normalized spacial score (nSPS) is 11.4. The van der Waals surface area contributed by atoms with Crippen molar-refractivity contribution in [3.05, 3.63) is 59.8 Å². The van der Waals surface area contributed by atoms with Crippen molar-refractivity contribution in [3.8, 4) is 22.8 Å². The molecule has 0 N–H and O–H groups in total. The highest BCUT2D eigenvalue weighted by Crippen LogP contribution is 2.32. The number of aromatic nitrogens is 1. The maximum absolute atomic E-state index is 12.3. The molecule has 3 rings (SSSR count). The number of nitrogens with zero attached hydrogens (tertiary/aromatic N) is 2. The van der Waals surface area contributed by atoms with Crippen molar-refractivity contribution in [1.82, 2.24) is 9.46 Å². The molecule has 31 heavy (non-hydrogen) atoms. The molecule has 1 heterocycles. The van der Waals surface area contributed by atoms with Crippen molar-refractivity contribution in [2.24, 2.45) is 0 Å². The third-order valence-corrected chi connectivity index (χ3v) is 6.28. The van der Waals surface area contributed by atoms with Crippen LogP contribution in [0.5, 0.6) is 11.5 Å². The van der Waals surface area contributed by atoms with Crippen molar-refractivity contribution in [2.45, 2.75) is 11.5 Å². The molecule has 0 fully saturated rings. The second-order valence-corrected chi connectivity index (χ2v) is 8.79. The number of rotatable bonds is 8. The number of carbonyl (C=O) groups excluding carboxylic acids is 1. The molecule has 0 atom stereocenters. The van der Waals surface area contributed by atoms with E-state index < -0.39 is 16.0 Å². The van der Waals surface area contributed by atoms with Gasteiger partial charge in [-0.15, -0.1) is 0 Å². The zero-order valence-electron chi connectivity index (χ0n) is 17.5. The Morgan fingerprint density at radius 1 is 1.00 bits per heavy atom. The zero-order chi connectivity index (χ0) is 22.6. The predicted molar refractivity (Wildman–Crippen MR) is 111 cm³/mol. The highest BCUT2D eigenvalue weighted by Gasteiger charge is 2.18. The van der Waals surface area contributed by atoms with Gasteiger partial charge in [-0.2, -0.15) is 0 Å².